The van der Waals surface area contributed by atoms with Crippen LogP contribution in [0.2, 0.25) is 0 Å². The van der Waals surface area contributed by atoms with Gasteiger partial charge in [-0.1, -0.05) is 11.3 Å². The zero-order valence-electron chi connectivity index (χ0n) is 14.5. The number of aryl methyl sites for hydroxylation is 1. The standard InChI is InChI=1S/C18H19N5O2S/c1-12-21-22-18(26-12)14-6-13-7-15(19-10-17(13)20-9-14)8-16(24)11-23-2-4-25-5-3-23/h6-7,9-10H,2-5,8,11H2,1H3. The van der Waals surface area contributed by atoms with E-state index in [1.807, 2.05) is 19.1 Å². The van der Waals surface area contributed by atoms with E-state index in [1.54, 1.807) is 12.4 Å². The Balaban J connectivity index is 1.51. The van der Waals surface area contributed by atoms with Gasteiger partial charge in [0.2, 0.25) is 0 Å². The molecule has 134 valence electrons. The summed E-state index contributed by atoms with van der Waals surface area (Å²) in [5.41, 5.74) is 2.50. The number of Topliss-reactive ketones (excluding diaryl/α,β-unsaturated/α-hetero) is 1. The minimum absolute atomic E-state index is 0.169. The number of carbonyl (C=O) groups is 1. The highest BCUT2D eigenvalue weighted by molar-refractivity contribution is 7.14. The topological polar surface area (TPSA) is 81.1 Å². The van der Waals surface area contributed by atoms with Crippen LogP contribution >= 0.6 is 11.3 Å². The zero-order valence-corrected chi connectivity index (χ0v) is 15.3. The van der Waals surface area contributed by atoms with Crippen LogP contribution in [-0.4, -0.2) is 63.7 Å². The second-order valence-electron chi connectivity index (χ2n) is 6.32. The highest BCUT2D eigenvalue weighted by Gasteiger charge is 2.15. The lowest BCUT2D eigenvalue weighted by Crippen LogP contribution is -2.39. The van der Waals surface area contributed by atoms with Gasteiger partial charge in [-0.2, -0.15) is 0 Å². The first-order valence-electron chi connectivity index (χ1n) is 8.54. The lowest BCUT2D eigenvalue weighted by atomic mass is 10.1. The SMILES string of the molecule is Cc1nnc(-c2cnc3cnc(CC(=O)CN4CCOCC4)cc3c2)s1. The van der Waals surface area contributed by atoms with Crippen LogP contribution in [0.4, 0.5) is 0 Å². The molecule has 0 unspecified atom stereocenters. The van der Waals surface area contributed by atoms with Crippen molar-refractivity contribution in [2.75, 3.05) is 32.8 Å². The van der Waals surface area contributed by atoms with Crippen LogP contribution in [0.25, 0.3) is 21.5 Å². The smallest absolute Gasteiger partial charge is 0.152 e. The lowest BCUT2D eigenvalue weighted by Gasteiger charge is -2.25. The molecule has 1 saturated heterocycles. The highest BCUT2D eigenvalue weighted by atomic mass is 32.1. The maximum atomic E-state index is 12.4. The summed E-state index contributed by atoms with van der Waals surface area (Å²) in [6.45, 7) is 5.39. The van der Waals surface area contributed by atoms with Crippen molar-refractivity contribution in [3.63, 3.8) is 0 Å². The molecule has 0 N–H and O–H groups in total. The van der Waals surface area contributed by atoms with Crippen molar-refractivity contribution in [2.24, 2.45) is 0 Å². The van der Waals surface area contributed by atoms with E-state index < -0.39 is 0 Å². The van der Waals surface area contributed by atoms with Crippen molar-refractivity contribution in [2.45, 2.75) is 13.3 Å². The minimum Gasteiger partial charge on any atom is -0.379 e. The van der Waals surface area contributed by atoms with Crippen LogP contribution in [0.1, 0.15) is 10.7 Å². The number of hydrogen-bond acceptors (Lipinski definition) is 8. The second kappa shape index (κ2) is 7.53. The summed E-state index contributed by atoms with van der Waals surface area (Å²) >= 11 is 1.54. The number of fused-ring (bicyclic) bond motifs is 1. The van der Waals surface area contributed by atoms with Crippen molar-refractivity contribution < 1.29 is 9.53 Å². The summed E-state index contributed by atoms with van der Waals surface area (Å²) in [7, 11) is 0. The number of rotatable bonds is 5. The van der Waals surface area contributed by atoms with Crippen LogP contribution in [0.3, 0.4) is 0 Å². The summed E-state index contributed by atoms with van der Waals surface area (Å²) in [4.78, 5) is 23.3. The van der Waals surface area contributed by atoms with Crippen LogP contribution < -0.4 is 0 Å². The van der Waals surface area contributed by atoms with Gasteiger partial charge in [-0.3, -0.25) is 19.7 Å². The summed E-state index contributed by atoms with van der Waals surface area (Å²) in [6.07, 6.45) is 3.84. The molecule has 0 bridgehead atoms. The average molecular weight is 369 g/mol. The summed E-state index contributed by atoms with van der Waals surface area (Å²) < 4.78 is 5.32. The van der Waals surface area contributed by atoms with Crippen molar-refractivity contribution in [3.8, 4) is 10.6 Å². The van der Waals surface area contributed by atoms with Gasteiger partial charge in [0.15, 0.2) is 5.78 Å². The molecular formula is C18H19N5O2S. The summed E-state index contributed by atoms with van der Waals surface area (Å²) in [5, 5.41) is 11.0. The van der Waals surface area contributed by atoms with Crippen molar-refractivity contribution in [1.82, 2.24) is 25.1 Å². The van der Waals surface area contributed by atoms with Gasteiger partial charge in [-0.25, -0.2) is 0 Å². The Morgan fingerprint density at radius 2 is 2.04 bits per heavy atom. The number of pyridine rings is 2. The molecule has 0 aliphatic carbocycles. The van der Waals surface area contributed by atoms with Gasteiger partial charge in [0.05, 0.1) is 37.9 Å². The number of hydrogen-bond donors (Lipinski definition) is 0. The molecule has 3 aromatic rings. The first-order chi connectivity index (χ1) is 12.7. The van der Waals surface area contributed by atoms with Gasteiger partial charge in [0.25, 0.3) is 0 Å². The lowest BCUT2D eigenvalue weighted by molar-refractivity contribution is -0.120. The molecule has 0 radical (unpaired) electrons. The van der Waals surface area contributed by atoms with E-state index in [9.17, 15) is 4.79 Å². The number of aromatic nitrogens is 4. The summed E-state index contributed by atoms with van der Waals surface area (Å²) in [6, 6.07) is 3.97. The number of ether oxygens (including phenoxy) is 1. The maximum absolute atomic E-state index is 12.4. The molecule has 1 fully saturated rings. The zero-order chi connectivity index (χ0) is 17.9. The number of carbonyl (C=O) groups excluding carboxylic acids is 1. The van der Waals surface area contributed by atoms with Crippen LogP contribution in [-0.2, 0) is 16.0 Å². The maximum Gasteiger partial charge on any atom is 0.152 e. The predicted molar refractivity (Wildman–Crippen MR) is 99.1 cm³/mol. The third-order valence-corrected chi connectivity index (χ3v) is 5.17. The Morgan fingerprint density at radius 1 is 1.19 bits per heavy atom. The molecule has 0 aromatic carbocycles. The fourth-order valence-corrected chi connectivity index (χ4v) is 3.64. The normalized spacial score (nSPS) is 15.4. The predicted octanol–water partition coefficient (Wildman–Crippen LogP) is 1.90. The Morgan fingerprint density at radius 3 is 2.81 bits per heavy atom. The fourth-order valence-electron chi connectivity index (χ4n) is 2.97. The quantitative estimate of drug-likeness (QED) is 0.679. The van der Waals surface area contributed by atoms with E-state index in [2.05, 4.69) is 25.1 Å². The number of nitrogens with zero attached hydrogens (tertiary/aromatic N) is 5. The largest absolute Gasteiger partial charge is 0.379 e. The highest BCUT2D eigenvalue weighted by Crippen LogP contribution is 2.25. The second-order valence-corrected chi connectivity index (χ2v) is 7.50. The van der Waals surface area contributed by atoms with E-state index >= 15 is 0 Å². The van der Waals surface area contributed by atoms with Crippen molar-refractivity contribution in [3.05, 3.63) is 35.2 Å². The molecule has 4 heterocycles. The third-order valence-electron chi connectivity index (χ3n) is 4.28. The van der Waals surface area contributed by atoms with E-state index in [4.69, 9.17) is 4.74 Å². The third kappa shape index (κ3) is 3.92. The molecule has 0 atom stereocenters. The Labute approximate surface area is 155 Å². The van der Waals surface area contributed by atoms with Gasteiger partial charge in [-0.15, -0.1) is 10.2 Å². The van der Waals surface area contributed by atoms with Gasteiger partial charge < -0.3 is 4.74 Å². The molecule has 1 aliphatic rings. The first kappa shape index (κ1) is 17.1. The average Bonchev–Trinajstić information content (AvgIpc) is 3.08. The Kier molecular flexibility index (Phi) is 4.96. The molecule has 26 heavy (non-hydrogen) atoms. The van der Waals surface area contributed by atoms with Gasteiger partial charge in [0, 0.05) is 35.9 Å². The Bertz CT molecular complexity index is 936. The molecule has 0 spiro atoms. The van der Waals surface area contributed by atoms with E-state index in [1.165, 1.54) is 11.3 Å². The minimum atomic E-state index is 0.169. The molecule has 1 aliphatic heterocycles. The molecule has 3 aromatic heterocycles. The molecule has 4 rings (SSSR count). The van der Waals surface area contributed by atoms with Crippen molar-refractivity contribution in [1.29, 1.82) is 0 Å². The van der Waals surface area contributed by atoms with Crippen LogP contribution in [0.15, 0.2) is 24.5 Å². The molecule has 8 heteroatoms. The fraction of sp³-hybridized carbons (Fsp3) is 0.389. The van der Waals surface area contributed by atoms with E-state index in [0.717, 1.165) is 45.3 Å². The molecule has 0 amide bonds. The first-order valence-corrected chi connectivity index (χ1v) is 9.36. The van der Waals surface area contributed by atoms with Crippen molar-refractivity contribution >= 4 is 28.0 Å². The Hall–Kier alpha value is -2.29. The van der Waals surface area contributed by atoms with Gasteiger partial charge in [0.1, 0.15) is 10.0 Å². The van der Waals surface area contributed by atoms with Gasteiger partial charge in [-0.05, 0) is 19.1 Å². The molecule has 7 nitrogen and oxygen atoms in total. The van der Waals surface area contributed by atoms with Crippen LogP contribution in [0.5, 0.6) is 0 Å². The number of morpholine rings is 1. The molecule has 0 saturated carbocycles. The van der Waals surface area contributed by atoms with E-state index in [0.29, 0.717) is 26.2 Å². The monoisotopic (exact) mass is 369 g/mol. The van der Waals surface area contributed by atoms with Gasteiger partial charge >= 0.3 is 0 Å². The van der Waals surface area contributed by atoms with E-state index in [-0.39, 0.29) is 5.78 Å². The molecular weight excluding hydrogens is 350 g/mol. The number of ketones is 1. The van der Waals surface area contributed by atoms with Crippen LogP contribution in [0, 0.1) is 6.92 Å². The summed E-state index contributed by atoms with van der Waals surface area (Å²) in [5.74, 6) is 0.169.